The fourth-order valence-electron chi connectivity index (χ4n) is 2.28. The molecule has 1 atom stereocenters. The zero-order valence-electron chi connectivity index (χ0n) is 9.47. The summed E-state index contributed by atoms with van der Waals surface area (Å²) < 4.78 is 0. The fraction of sp³-hybridized carbons (Fsp3) is 1.00. The van der Waals surface area contributed by atoms with Gasteiger partial charge in [-0.05, 0) is 58.2 Å². The van der Waals surface area contributed by atoms with Crippen LogP contribution in [0.25, 0.3) is 0 Å². The fourth-order valence-corrected chi connectivity index (χ4v) is 2.28. The normalized spacial score (nSPS) is 26.4. The lowest BCUT2D eigenvalue weighted by molar-refractivity contribution is 0.209. The second-order valence-electron chi connectivity index (χ2n) is 5.11. The first kappa shape index (κ1) is 10.4. The van der Waals surface area contributed by atoms with Gasteiger partial charge in [-0.15, -0.1) is 0 Å². The number of likely N-dealkylation sites (tertiary alicyclic amines) is 1. The van der Waals surface area contributed by atoms with Gasteiger partial charge in [0.2, 0.25) is 0 Å². The summed E-state index contributed by atoms with van der Waals surface area (Å²) in [5.74, 6) is 1.01. The Bertz CT molecular complexity index is 160. The first-order chi connectivity index (χ1) is 6.84. The van der Waals surface area contributed by atoms with Gasteiger partial charge in [0.15, 0.2) is 0 Å². The van der Waals surface area contributed by atoms with Crippen molar-refractivity contribution in [3.05, 3.63) is 0 Å². The molecule has 0 bridgehead atoms. The van der Waals surface area contributed by atoms with Crippen LogP contribution >= 0.6 is 0 Å². The molecule has 1 aliphatic heterocycles. The number of piperidine rings is 1. The van der Waals surface area contributed by atoms with Crippen LogP contribution in [0.4, 0.5) is 0 Å². The highest BCUT2D eigenvalue weighted by molar-refractivity contribution is 4.78. The van der Waals surface area contributed by atoms with Gasteiger partial charge in [0, 0.05) is 12.6 Å². The quantitative estimate of drug-likeness (QED) is 0.722. The Hall–Kier alpha value is -0.0800. The molecule has 0 aromatic rings. The van der Waals surface area contributed by atoms with Crippen molar-refractivity contribution in [1.82, 2.24) is 10.2 Å². The highest BCUT2D eigenvalue weighted by atomic mass is 15.1. The average molecular weight is 196 g/mol. The van der Waals surface area contributed by atoms with E-state index in [2.05, 4.69) is 17.1 Å². The summed E-state index contributed by atoms with van der Waals surface area (Å²) in [6.07, 6.45) is 7.19. The largest absolute Gasteiger partial charge is 0.313 e. The molecule has 0 aromatic carbocycles. The smallest absolute Gasteiger partial charge is 0.0166 e. The van der Waals surface area contributed by atoms with Gasteiger partial charge in [0.05, 0.1) is 0 Å². The van der Waals surface area contributed by atoms with Crippen LogP contribution in [-0.4, -0.2) is 37.1 Å². The number of hydrogen-bond donors (Lipinski definition) is 1. The van der Waals surface area contributed by atoms with Crippen molar-refractivity contribution in [2.75, 3.05) is 26.2 Å². The van der Waals surface area contributed by atoms with E-state index in [-0.39, 0.29) is 0 Å². The second-order valence-corrected chi connectivity index (χ2v) is 5.11. The molecule has 0 radical (unpaired) electrons. The minimum absolute atomic E-state index is 0.689. The molecule has 2 aliphatic rings. The molecule has 14 heavy (non-hydrogen) atoms. The van der Waals surface area contributed by atoms with E-state index in [0.29, 0.717) is 6.04 Å². The first-order valence-corrected chi connectivity index (χ1v) is 6.30. The minimum Gasteiger partial charge on any atom is -0.313 e. The van der Waals surface area contributed by atoms with Crippen LogP contribution in [0.5, 0.6) is 0 Å². The van der Waals surface area contributed by atoms with E-state index in [1.165, 1.54) is 58.3 Å². The van der Waals surface area contributed by atoms with Gasteiger partial charge in [-0.1, -0.05) is 6.42 Å². The number of nitrogens with zero attached hydrogens (tertiary/aromatic N) is 1. The molecule has 1 saturated carbocycles. The lowest BCUT2D eigenvalue weighted by Crippen LogP contribution is -2.42. The molecule has 2 nitrogen and oxygen atoms in total. The van der Waals surface area contributed by atoms with Crippen LogP contribution in [0.2, 0.25) is 0 Å². The molecule has 0 amide bonds. The van der Waals surface area contributed by atoms with E-state index in [9.17, 15) is 0 Å². The minimum atomic E-state index is 0.689. The van der Waals surface area contributed by atoms with Crippen LogP contribution in [-0.2, 0) is 0 Å². The Morgan fingerprint density at radius 3 is 2.57 bits per heavy atom. The summed E-state index contributed by atoms with van der Waals surface area (Å²) >= 11 is 0. The molecule has 2 heteroatoms. The van der Waals surface area contributed by atoms with E-state index in [4.69, 9.17) is 0 Å². The second kappa shape index (κ2) is 5.13. The van der Waals surface area contributed by atoms with Crippen molar-refractivity contribution in [2.24, 2.45) is 5.92 Å². The van der Waals surface area contributed by atoms with Gasteiger partial charge in [0.25, 0.3) is 0 Å². The lowest BCUT2D eigenvalue weighted by Gasteiger charge is -2.29. The predicted octanol–water partition coefficient (Wildman–Crippen LogP) is 1.86. The molecule has 1 unspecified atom stereocenters. The van der Waals surface area contributed by atoms with E-state index < -0.39 is 0 Å². The van der Waals surface area contributed by atoms with E-state index >= 15 is 0 Å². The van der Waals surface area contributed by atoms with Crippen LogP contribution in [0.3, 0.4) is 0 Å². The highest BCUT2D eigenvalue weighted by Gasteiger charge is 2.21. The molecule has 1 N–H and O–H groups in total. The van der Waals surface area contributed by atoms with Crippen LogP contribution < -0.4 is 5.32 Å². The molecule has 2 fully saturated rings. The van der Waals surface area contributed by atoms with Crippen molar-refractivity contribution in [1.29, 1.82) is 0 Å². The third-order valence-electron chi connectivity index (χ3n) is 3.43. The number of hydrogen-bond acceptors (Lipinski definition) is 2. The monoisotopic (exact) mass is 196 g/mol. The maximum atomic E-state index is 3.65. The topological polar surface area (TPSA) is 15.3 Å². The third kappa shape index (κ3) is 3.58. The summed E-state index contributed by atoms with van der Waals surface area (Å²) in [4.78, 5) is 2.62. The molecular weight excluding hydrogens is 172 g/mol. The van der Waals surface area contributed by atoms with Crippen molar-refractivity contribution in [3.8, 4) is 0 Å². The molecular formula is C12H24N2. The van der Waals surface area contributed by atoms with Crippen molar-refractivity contribution in [3.63, 3.8) is 0 Å². The standard InChI is InChI=1S/C12H24N2/c1-11(13-9-12-5-6-12)10-14-7-3-2-4-8-14/h11-13H,2-10H2,1H3. The van der Waals surface area contributed by atoms with E-state index in [1.54, 1.807) is 0 Å². The lowest BCUT2D eigenvalue weighted by atomic mass is 10.1. The molecule has 1 heterocycles. The molecule has 82 valence electrons. The number of rotatable bonds is 5. The van der Waals surface area contributed by atoms with Gasteiger partial charge >= 0.3 is 0 Å². The van der Waals surface area contributed by atoms with E-state index in [1.807, 2.05) is 0 Å². The maximum absolute atomic E-state index is 3.65. The Kier molecular flexibility index (Phi) is 3.82. The Labute approximate surface area is 88.1 Å². The summed E-state index contributed by atoms with van der Waals surface area (Å²) in [6.45, 7) is 7.50. The molecule has 0 aromatic heterocycles. The van der Waals surface area contributed by atoms with Crippen molar-refractivity contribution >= 4 is 0 Å². The average Bonchev–Trinajstić information content (AvgIpc) is 3.00. The Balaban J connectivity index is 1.57. The van der Waals surface area contributed by atoms with Crippen molar-refractivity contribution in [2.45, 2.75) is 45.1 Å². The van der Waals surface area contributed by atoms with Gasteiger partial charge in [-0.25, -0.2) is 0 Å². The van der Waals surface area contributed by atoms with Crippen molar-refractivity contribution < 1.29 is 0 Å². The summed E-state index contributed by atoms with van der Waals surface area (Å²) in [6, 6.07) is 0.689. The first-order valence-electron chi connectivity index (χ1n) is 6.30. The summed E-state index contributed by atoms with van der Waals surface area (Å²) in [5.41, 5.74) is 0. The maximum Gasteiger partial charge on any atom is 0.0166 e. The van der Waals surface area contributed by atoms with Gasteiger partial charge in [-0.3, -0.25) is 0 Å². The van der Waals surface area contributed by atoms with Gasteiger partial charge < -0.3 is 10.2 Å². The summed E-state index contributed by atoms with van der Waals surface area (Å²) in [7, 11) is 0. The van der Waals surface area contributed by atoms with Gasteiger partial charge in [-0.2, -0.15) is 0 Å². The molecule has 1 saturated heterocycles. The van der Waals surface area contributed by atoms with Crippen LogP contribution in [0, 0.1) is 5.92 Å². The molecule has 0 spiro atoms. The highest BCUT2D eigenvalue weighted by Crippen LogP contribution is 2.27. The number of nitrogens with one attached hydrogen (secondary N) is 1. The van der Waals surface area contributed by atoms with Crippen LogP contribution in [0.15, 0.2) is 0 Å². The Morgan fingerprint density at radius 2 is 1.93 bits per heavy atom. The molecule has 2 rings (SSSR count). The van der Waals surface area contributed by atoms with E-state index in [0.717, 1.165) is 5.92 Å². The zero-order chi connectivity index (χ0) is 9.80. The predicted molar refractivity (Wildman–Crippen MR) is 60.5 cm³/mol. The zero-order valence-corrected chi connectivity index (χ0v) is 9.47. The Morgan fingerprint density at radius 1 is 1.21 bits per heavy atom. The summed E-state index contributed by atoms with van der Waals surface area (Å²) in [5, 5.41) is 3.65. The third-order valence-corrected chi connectivity index (χ3v) is 3.43. The molecule has 1 aliphatic carbocycles. The SMILES string of the molecule is CC(CN1CCCCC1)NCC1CC1. The van der Waals surface area contributed by atoms with Crippen LogP contribution in [0.1, 0.15) is 39.0 Å². The van der Waals surface area contributed by atoms with Gasteiger partial charge in [0.1, 0.15) is 0 Å².